The van der Waals surface area contributed by atoms with Gasteiger partial charge in [0.15, 0.2) is 0 Å². The Morgan fingerprint density at radius 2 is 2.26 bits per heavy atom. The van der Waals surface area contributed by atoms with Crippen LogP contribution >= 0.6 is 11.6 Å². The number of nitrogens with two attached hydrogens (primary N) is 1. The molecule has 1 aromatic rings. The fourth-order valence-corrected chi connectivity index (χ4v) is 2.50. The van der Waals surface area contributed by atoms with Crippen molar-refractivity contribution in [1.82, 2.24) is 0 Å². The van der Waals surface area contributed by atoms with Crippen molar-refractivity contribution in [3.8, 4) is 0 Å². The number of rotatable bonds is 3. The summed E-state index contributed by atoms with van der Waals surface area (Å²) in [5.41, 5.74) is 6.97. The van der Waals surface area contributed by atoms with Crippen LogP contribution in [0, 0.1) is 0 Å². The van der Waals surface area contributed by atoms with Gasteiger partial charge in [0.05, 0.1) is 6.04 Å². The Morgan fingerprint density at radius 1 is 1.58 bits per heavy atom. The van der Waals surface area contributed by atoms with Gasteiger partial charge in [-0.15, -0.1) is 0 Å². The minimum absolute atomic E-state index is 0.215. The molecule has 0 aromatic heterocycles. The zero-order valence-electron chi connectivity index (χ0n) is 10.5. The molecule has 2 rings (SSSR count). The number of amides is 1. The summed E-state index contributed by atoms with van der Waals surface area (Å²) in [6.07, 6.45) is 0.671. The van der Waals surface area contributed by atoms with Gasteiger partial charge in [-0.05, 0) is 24.1 Å². The molecule has 0 saturated heterocycles. The molecule has 5 nitrogen and oxygen atoms in total. The van der Waals surface area contributed by atoms with Gasteiger partial charge in [0.1, 0.15) is 6.04 Å². The van der Waals surface area contributed by atoms with E-state index in [1.165, 1.54) is 4.90 Å². The third kappa shape index (κ3) is 2.31. The first-order valence-corrected chi connectivity index (χ1v) is 6.44. The second-order valence-electron chi connectivity index (χ2n) is 4.52. The minimum atomic E-state index is -1.05. The number of carbonyl (C=O) groups is 2. The number of fused-ring (bicyclic) bond motifs is 1. The Labute approximate surface area is 116 Å². The van der Waals surface area contributed by atoms with E-state index in [2.05, 4.69) is 0 Å². The van der Waals surface area contributed by atoms with Crippen molar-refractivity contribution in [2.24, 2.45) is 5.73 Å². The van der Waals surface area contributed by atoms with Crippen molar-refractivity contribution >= 4 is 29.2 Å². The van der Waals surface area contributed by atoms with Gasteiger partial charge >= 0.3 is 5.97 Å². The number of benzene rings is 1. The zero-order chi connectivity index (χ0) is 14.2. The van der Waals surface area contributed by atoms with E-state index in [0.717, 1.165) is 0 Å². The molecule has 6 heteroatoms. The minimum Gasteiger partial charge on any atom is -0.480 e. The van der Waals surface area contributed by atoms with E-state index >= 15 is 0 Å². The van der Waals surface area contributed by atoms with Crippen molar-refractivity contribution < 1.29 is 14.7 Å². The topological polar surface area (TPSA) is 83.6 Å². The zero-order valence-corrected chi connectivity index (χ0v) is 11.2. The van der Waals surface area contributed by atoms with Crippen molar-refractivity contribution in [2.45, 2.75) is 31.8 Å². The lowest BCUT2D eigenvalue weighted by atomic mass is 10.1. The van der Waals surface area contributed by atoms with Crippen molar-refractivity contribution in [3.63, 3.8) is 0 Å². The number of anilines is 1. The summed E-state index contributed by atoms with van der Waals surface area (Å²) < 4.78 is 0. The summed E-state index contributed by atoms with van der Waals surface area (Å²) in [4.78, 5) is 24.9. The van der Waals surface area contributed by atoms with Crippen LogP contribution in [0.25, 0.3) is 0 Å². The van der Waals surface area contributed by atoms with E-state index in [9.17, 15) is 14.7 Å². The number of carbonyl (C=O) groups excluding carboxylic acids is 1. The van der Waals surface area contributed by atoms with Gasteiger partial charge in [-0.25, -0.2) is 4.79 Å². The molecule has 19 heavy (non-hydrogen) atoms. The van der Waals surface area contributed by atoms with Crippen LogP contribution in [0.15, 0.2) is 18.2 Å². The van der Waals surface area contributed by atoms with Gasteiger partial charge in [-0.3, -0.25) is 9.69 Å². The molecule has 1 aliphatic heterocycles. The molecule has 1 heterocycles. The average Bonchev–Trinajstić information content (AvgIpc) is 2.78. The summed E-state index contributed by atoms with van der Waals surface area (Å²) in [7, 11) is 0. The Kier molecular flexibility index (Phi) is 3.78. The van der Waals surface area contributed by atoms with Crippen LogP contribution in [0.3, 0.4) is 0 Å². The molecule has 2 atom stereocenters. The summed E-state index contributed by atoms with van der Waals surface area (Å²) in [5, 5.41) is 9.75. The fraction of sp³-hybridized carbons (Fsp3) is 0.385. The van der Waals surface area contributed by atoms with Crippen molar-refractivity contribution in [2.75, 3.05) is 4.90 Å². The lowest BCUT2D eigenvalue weighted by Crippen LogP contribution is -2.49. The van der Waals surface area contributed by atoms with E-state index in [1.54, 1.807) is 25.1 Å². The predicted octanol–water partition coefficient (Wildman–Crippen LogP) is 1.42. The highest BCUT2D eigenvalue weighted by atomic mass is 35.5. The first-order valence-electron chi connectivity index (χ1n) is 6.06. The van der Waals surface area contributed by atoms with E-state index in [1.807, 2.05) is 0 Å². The second-order valence-corrected chi connectivity index (χ2v) is 4.93. The van der Waals surface area contributed by atoms with Gasteiger partial charge in [0, 0.05) is 17.1 Å². The highest BCUT2D eigenvalue weighted by Gasteiger charge is 2.40. The maximum absolute atomic E-state index is 12.3. The summed E-state index contributed by atoms with van der Waals surface area (Å²) in [5.74, 6) is -1.43. The molecule has 1 aromatic carbocycles. The number of hydrogen-bond acceptors (Lipinski definition) is 3. The first kappa shape index (κ1) is 13.8. The number of carboxylic acids is 1. The Morgan fingerprint density at radius 3 is 2.84 bits per heavy atom. The molecule has 1 amide bonds. The largest absolute Gasteiger partial charge is 0.480 e. The number of carboxylic acid groups (broad SMARTS) is 1. The van der Waals surface area contributed by atoms with Crippen LogP contribution in [0.5, 0.6) is 0 Å². The van der Waals surface area contributed by atoms with Crippen LogP contribution in [-0.2, 0) is 16.0 Å². The number of nitrogens with zero attached hydrogens (tertiary/aromatic N) is 1. The van der Waals surface area contributed by atoms with Crippen LogP contribution in [0.1, 0.15) is 18.9 Å². The Hall–Kier alpha value is -1.59. The molecular formula is C13H15ClN2O3. The van der Waals surface area contributed by atoms with Crippen LogP contribution in [-0.4, -0.2) is 29.1 Å². The van der Waals surface area contributed by atoms with Crippen molar-refractivity contribution in [3.05, 3.63) is 28.8 Å². The van der Waals surface area contributed by atoms with E-state index in [0.29, 0.717) is 22.7 Å². The third-order valence-electron chi connectivity index (χ3n) is 3.34. The average molecular weight is 283 g/mol. The van der Waals surface area contributed by atoms with Crippen molar-refractivity contribution in [1.29, 1.82) is 0 Å². The molecule has 0 fully saturated rings. The summed E-state index contributed by atoms with van der Waals surface area (Å²) >= 11 is 6.06. The molecule has 0 spiro atoms. The predicted molar refractivity (Wildman–Crippen MR) is 72.3 cm³/mol. The van der Waals surface area contributed by atoms with Crippen LogP contribution in [0.2, 0.25) is 5.02 Å². The second kappa shape index (κ2) is 5.19. The van der Waals surface area contributed by atoms with Gasteiger partial charge < -0.3 is 10.8 Å². The molecule has 0 bridgehead atoms. The molecule has 102 valence electrons. The molecule has 3 N–H and O–H groups in total. The van der Waals surface area contributed by atoms with E-state index < -0.39 is 18.1 Å². The highest BCUT2D eigenvalue weighted by Crippen LogP contribution is 2.37. The Balaban J connectivity index is 2.47. The Bertz CT molecular complexity index is 533. The molecule has 0 saturated carbocycles. The van der Waals surface area contributed by atoms with Gasteiger partial charge in [0.25, 0.3) is 0 Å². The summed E-state index contributed by atoms with van der Waals surface area (Å²) in [6.45, 7) is 1.79. The molecule has 1 aliphatic rings. The molecule has 0 radical (unpaired) electrons. The number of aliphatic carboxylic acids is 1. The maximum atomic E-state index is 12.3. The first-order chi connectivity index (χ1) is 8.97. The summed E-state index contributed by atoms with van der Waals surface area (Å²) in [6, 6.07) is 3.45. The quantitative estimate of drug-likeness (QED) is 0.878. The monoisotopic (exact) mass is 282 g/mol. The third-order valence-corrected chi connectivity index (χ3v) is 3.70. The number of halogens is 1. The van der Waals surface area contributed by atoms with Gasteiger partial charge in [-0.2, -0.15) is 0 Å². The fourth-order valence-electron chi connectivity index (χ4n) is 2.25. The van der Waals surface area contributed by atoms with Crippen LogP contribution in [0.4, 0.5) is 5.69 Å². The molecule has 0 aliphatic carbocycles. The lowest BCUT2D eigenvalue weighted by Gasteiger charge is -2.25. The van der Waals surface area contributed by atoms with E-state index in [-0.39, 0.29) is 12.3 Å². The molecular weight excluding hydrogens is 268 g/mol. The standard InChI is InChI=1S/C13H15ClN2O3/c1-2-9(15)12(17)16-10-5-3-4-8(14)7(10)6-11(16)13(18)19/h3-5,9,11H,2,6,15H2,1H3,(H,18,19)/t9-,11?/m0/s1. The molecule has 1 unspecified atom stereocenters. The highest BCUT2D eigenvalue weighted by molar-refractivity contribution is 6.32. The number of hydrogen-bond donors (Lipinski definition) is 2. The normalized spacial score (nSPS) is 19.1. The smallest absolute Gasteiger partial charge is 0.327 e. The SMILES string of the molecule is CC[C@H](N)C(=O)N1c2cccc(Cl)c2CC1C(=O)O. The van der Waals surface area contributed by atoms with Gasteiger partial charge in [0.2, 0.25) is 5.91 Å². The van der Waals surface area contributed by atoms with Crippen LogP contribution < -0.4 is 10.6 Å². The maximum Gasteiger partial charge on any atom is 0.327 e. The van der Waals surface area contributed by atoms with E-state index in [4.69, 9.17) is 17.3 Å². The lowest BCUT2D eigenvalue weighted by molar-refractivity contribution is -0.140. The van der Waals surface area contributed by atoms with Gasteiger partial charge in [-0.1, -0.05) is 24.6 Å².